The van der Waals surface area contributed by atoms with Crippen molar-refractivity contribution in [3.63, 3.8) is 0 Å². The summed E-state index contributed by atoms with van der Waals surface area (Å²) >= 11 is 6.12. The van der Waals surface area contributed by atoms with E-state index in [9.17, 15) is 0 Å². The smallest absolute Gasteiger partial charge is 0.130 e. The van der Waals surface area contributed by atoms with E-state index in [4.69, 9.17) is 11.6 Å². The number of H-pyrrole nitrogens is 1. The van der Waals surface area contributed by atoms with Crippen LogP contribution in [0.4, 0.5) is 11.5 Å². The molecule has 3 aromatic rings. The van der Waals surface area contributed by atoms with Crippen LogP contribution in [0, 0.1) is 13.8 Å². The molecule has 0 radical (unpaired) electrons. The summed E-state index contributed by atoms with van der Waals surface area (Å²) in [4.78, 5) is 7.69. The van der Waals surface area contributed by atoms with Crippen LogP contribution in [0.5, 0.6) is 0 Å². The number of nitrogens with one attached hydrogen (secondary N) is 2. The Bertz CT molecular complexity index is 746. The quantitative estimate of drug-likeness (QED) is 0.716. The average molecular weight is 272 g/mol. The lowest BCUT2D eigenvalue weighted by Crippen LogP contribution is -1.96. The molecule has 4 heteroatoms. The standard InChI is InChI=1S/C15H14ClN3/c1-9-3-4-15(18-10(9)2)19-14-8-11(16)7-13-12(14)5-6-17-13/h3-8,17H,1-2H3,(H,18,19). The highest BCUT2D eigenvalue weighted by Crippen LogP contribution is 2.29. The Kier molecular flexibility index (Phi) is 2.91. The molecule has 0 saturated heterocycles. The molecule has 0 spiro atoms. The molecule has 1 aromatic carbocycles. The van der Waals surface area contributed by atoms with Crippen molar-refractivity contribution in [2.75, 3.05) is 5.32 Å². The minimum absolute atomic E-state index is 0.696. The lowest BCUT2D eigenvalue weighted by molar-refractivity contribution is 1.15. The maximum Gasteiger partial charge on any atom is 0.130 e. The van der Waals surface area contributed by atoms with Gasteiger partial charge in [0, 0.05) is 27.8 Å². The van der Waals surface area contributed by atoms with Gasteiger partial charge in [-0.05, 0) is 43.7 Å². The molecule has 0 unspecified atom stereocenters. The van der Waals surface area contributed by atoms with Crippen LogP contribution in [-0.4, -0.2) is 9.97 Å². The van der Waals surface area contributed by atoms with E-state index in [1.165, 1.54) is 5.56 Å². The highest BCUT2D eigenvalue weighted by atomic mass is 35.5. The van der Waals surface area contributed by atoms with Crippen LogP contribution in [0.1, 0.15) is 11.3 Å². The molecule has 2 heterocycles. The third-order valence-electron chi connectivity index (χ3n) is 3.25. The molecule has 0 bridgehead atoms. The number of aromatic amines is 1. The molecule has 0 saturated carbocycles. The number of halogens is 1. The van der Waals surface area contributed by atoms with E-state index >= 15 is 0 Å². The van der Waals surface area contributed by atoms with Crippen LogP contribution >= 0.6 is 11.6 Å². The number of nitrogens with zero attached hydrogens (tertiary/aromatic N) is 1. The van der Waals surface area contributed by atoms with Gasteiger partial charge in [-0.1, -0.05) is 17.7 Å². The SMILES string of the molecule is Cc1ccc(Nc2cc(Cl)cc3[nH]ccc23)nc1C. The number of benzene rings is 1. The van der Waals surface area contributed by atoms with E-state index in [1.54, 1.807) is 0 Å². The second-order valence-electron chi connectivity index (χ2n) is 4.62. The van der Waals surface area contributed by atoms with Crippen molar-refractivity contribution in [1.29, 1.82) is 0 Å². The second kappa shape index (κ2) is 4.59. The molecule has 19 heavy (non-hydrogen) atoms. The van der Waals surface area contributed by atoms with Crippen molar-refractivity contribution in [3.8, 4) is 0 Å². The van der Waals surface area contributed by atoms with E-state index in [1.807, 2.05) is 37.4 Å². The maximum atomic E-state index is 6.12. The Morgan fingerprint density at radius 3 is 2.79 bits per heavy atom. The van der Waals surface area contributed by atoms with Crippen molar-refractivity contribution in [3.05, 3.63) is 52.8 Å². The first-order chi connectivity index (χ1) is 9.13. The van der Waals surface area contributed by atoms with Gasteiger partial charge in [0.05, 0.1) is 5.69 Å². The second-order valence-corrected chi connectivity index (χ2v) is 5.05. The minimum Gasteiger partial charge on any atom is -0.361 e. The predicted molar refractivity (Wildman–Crippen MR) is 80.3 cm³/mol. The van der Waals surface area contributed by atoms with Gasteiger partial charge >= 0.3 is 0 Å². The summed E-state index contributed by atoms with van der Waals surface area (Å²) in [5, 5.41) is 5.12. The Balaban J connectivity index is 2.04. The van der Waals surface area contributed by atoms with Crippen LogP contribution in [0.2, 0.25) is 5.02 Å². The lowest BCUT2D eigenvalue weighted by Gasteiger charge is -2.09. The number of aryl methyl sites for hydroxylation is 2. The maximum absolute atomic E-state index is 6.12. The van der Waals surface area contributed by atoms with Gasteiger partial charge in [-0.2, -0.15) is 0 Å². The lowest BCUT2D eigenvalue weighted by atomic mass is 10.2. The third-order valence-corrected chi connectivity index (χ3v) is 3.46. The molecular formula is C15H14ClN3. The van der Waals surface area contributed by atoms with Gasteiger partial charge in [-0.15, -0.1) is 0 Å². The average Bonchev–Trinajstić information content (AvgIpc) is 2.82. The van der Waals surface area contributed by atoms with E-state index in [0.717, 1.165) is 28.1 Å². The van der Waals surface area contributed by atoms with E-state index < -0.39 is 0 Å². The molecular weight excluding hydrogens is 258 g/mol. The van der Waals surface area contributed by atoms with E-state index in [-0.39, 0.29) is 0 Å². The number of aromatic nitrogens is 2. The first-order valence-corrected chi connectivity index (χ1v) is 6.49. The predicted octanol–water partition coefficient (Wildman–Crippen LogP) is 4.58. The van der Waals surface area contributed by atoms with Crippen molar-refractivity contribution in [2.24, 2.45) is 0 Å². The fraction of sp³-hybridized carbons (Fsp3) is 0.133. The fourth-order valence-electron chi connectivity index (χ4n) is 2.07. The Morgan fingerprint density at radius 1 is 1.16 bits per heavy atom. The van der Waals surface area contributed by atoms with E-state index in [2.05, 4.69) is 28.3 Å². The third kappa shape index (κ3) is 2.29. The molecule has 0 fully saturated rings. The molecule has 3 rings (SSSR count). The monoisotopic (exact) mass is 271 g/mol. The van der Waals surface area contributed by atoms with Crippen molar-refractivity contribution in [1.82, 2.24) is 9.97 Å². The minimum atomic E-state index is 0.696. The van der Waals surface area contributed by atoms with Crippen molar-refractivity contribution >= 4 is 34.0 Å². The summed E-state index contributed by atoms with van der Waals surface area (Å²) in [7, 11) is 0. The summed E-state index contributed by atoms with van der Waals surface area (Å²) in [6.07, 6.45) is 1.90. The van der Waals surface area contributed by atoms with Gasteiger partial charge in [0.15, 0.2) is 0 Å². The number of fused-ring (bicyclic) bond motifs is 1. The zero-order valence-corrected chi connectivity index (χ0v) is 11.5. The first-order valence-electron chi connectivity index (χ1n) is 6.11. The molecule has 2 aromatic heterocycles. The van der Waals surface area contributed by atoms with Gasteiger partial charge in [-0.25, -0.2) is 4.98 Å². The Labute approximate surface area is 116 Å². The van der Waals surface area contributed by atoms with Crippen molar-refractivity contribution in [2.45, 2.75) is 13.8 Å². The summed E-state index contributed by atoms with van der Waals surface area (Å²) in [5.74, 6) is 0.827. The van der Waals surface area contributed by atoms with Crippen molar-refractivity contribution < 1.29 is 0 Å². The molecule has 3 nitrogen and oxygen atoms in total. The van der Waals surface area contributed by atoms with Gasteiger partial charge < -0.3 is 10.3 Å². The summed E-state index contributed by atoms with van der Waals surface area (Å²) in [6, 6.07) is 9.88. The van der Waals surface area contributed by atoms with Crippen LogP contribution in [-0.2, 0) is 0 Å². The topological polar surface area (TPSA) is 40.7 Å². The number of hydrogen-bond donors (Lipinski definition) is 2. The molecule has 96 valence electrons. The van der Waals surface area contributed by atoms with E-state index in [0.29, 0.717) is 5.02 Å². The van der Waals surface area contributed by atoms with Crippen LogP contribution < -0.4 is 5.32 Å². The number of hydrogen-bond acceptors (Lipinski definition) is 2. The molecule has 2 N–H and O–H groups in total. The molecule has 0 amide bonds. The highest BCUT2D eigenvalue weighted by Gasteiger charge is 2.06. The zero-order chi connectivity index (χ0) is 13.4. The number of pyridine rings is 1. The normalized spacial score (nSPS) is 10.9. The van der Waals surface area contributed by atoms with Gasteiger partial charge in [0.25, 0.3) is 0 Å². The van der Waals surface area contributed by atoms with Crippen LogP contribution in [0.25, 0.3) is 10.9 Å². The van der Waals surface area contributed by atoms with Gasteiger partial charge in [0.1, 0.15) is 5.82 Å². The van der Waals surface area contributed by atoms with Crippen LogP contribution in [0.15, 0.2) is 36.5 Å². The summed E-state index contributed by atoms with van der Waals surface area (Å²) in [6.45, 7) is 4.06. The molecule has 0 atom stereocenters. The van der Waals surface area contributed by atoms with Crippen LogP contribution in [0.3, 0.4) is 0 Å². The van der Waals surface area contributed by atoms with Gasteiger partial charge in [-0.3, -0.25) is 0 Å². The Morgan fingerprint density at radius 2 is 2.00 bits per heavy atom. The molecule has 0 aliphatic heterocycles. The number of rotatable bonds is 2. The Hall–Kier alpha value is -2.00. The highest BCUT2D eigenvalue weighted by molar-refractivity contribution is 6.31. The molecule has 0 aliphatic carbocycles. The summed E-state index contributed by atoms with van der Waals surface area (Å²) < 4.78 is 0. The summed E-state index contributed by atoms with van der Waals surface area (Å²) in [5.41, 5.74) is 4.18. The zero-order valence-electron chi connectivity index (χ0n) is 10.8. The largest absolute Gasteiger partial charge is 0.361 e. The first kappa shape index (κ1) is 12.1. The fourth-order valence-corrected chi connectivity index (χ4v) is 2.29. The molecule has 0 aliphatic rings. The number of anilines is 2. The van der Waals surface area contributed by atoms with Gasteiger partial charge in [0.2, 0.25) is 0 Å².